The Balaban J connectivity index is 1.33. The fraction of sp³-hybridized carbons (Fsp3) is 0.714. The number of hydrogen-bond donors (Lipinski definition) is 2. The number of morpholine rings is 1. The van der Waals surface area contributed by atoms with Crippen molar-refractivity contribution in [1.82, 2.24) is 13.5 Å². The number of ether oxygens (including phenoxy) is 1. The van der Waals surface area contributed by atoms with Gasteiger partial charge in [-0.15, -0.1) is 11.3 Å². The van der Waals surface area contributed by atoms with Gasteiger partial charge in [0.05, 0.1) is 24.3 Å². The van der Waals surface area contributed by atoms with E-state index in [-0.39, 0.29) is 24.7 Å². The van der Waals surface area contributed by atoms with Gasteiger partial charge in [0, 0.05) is 44.1 Å². The van der Waals surface area contributed by atoms with Gasteiger partial charge in [0.2, 0.25) is 5.91 Å². The van der Waals surface area contributed by atoms with Crippen molar-refractivity contribution in [3.8, 4) is 0 Å². The van der Waals surface area contributed by atoms with Gasteiger partial charge in [-0.25, -0.2) is 0 Å². The molecule has 4 rings (SSSR count). The quantitative estimate of drug-likeness (QED) is 0.592. The minimum absolute atomic E-state index is 0.137. The third-order valence-corrected chi connectivity index (χ3v) is 9.58. The highest BCUT2D eigenvalue weighted by atomic mass is 32.2. The first-order chi connectivity index (χ1) is 15.6. The predicted molar refractivity (Wildman–Crippen MR) is 127 cm³/mol. The lowest BCUT2D eigenvalue weighted by Crippen LogP contribution is -2.57. The molecule has 2 atom stereocenters. The van der Waals surface area contributed by atoms with Crippen molar-refractivity contribution in [3.05, 3.63) is 16.0 Å². The lowest BCUT2D eigenvalue weighted by atomic mass is 9.95. The molecule has 10 nitrogen and oxygen atoms in total. The lowest BCUT2D eigenvalue weighted by Gasteiger charge is -2.40. The van der Waals surface area contributed by atoms with E-state index >= 15 is 0 Å². The van der Waals surface area contributed by atoms with Gasteiger partial charge >= 0.3 is 0 Å². The fourth-order valence-corrected chi connectivity index (χ4v) is 7.94. The number of anilines is 1. The summed E-state index contributed by atoms with van der Waals surface area (Å²) in [5, 5.41) is 3.42. The standard InChI is InChI=1S/C21H33N5O5S2/c1-14-11-26(12-15(2)31-14)33(29,30)25-9-7-24(8-10-25)13-18(27)23-21-19(20(22)28)16-5-3-4-6-17(16)32-21/h14-15H,3-13H2,1-2H3,(H2,22,28)(H,23,27). The molecular formula is C21H33N5O5S2. The summed E-state index contributed by atoms with van der Waals surface area (Å²) in [6, 6.07) is 0. The molecule has 12 heteroatoms. The number of carbonyl (C=O) groups is 2. The summed E-state index contributed by atoms with van der Waals surface area (Å²) in [5.74, 6) is -0.724. The predicted octanol–water partition coefficient (Wildman–Crippen LogP) is 0.636. The van der Waals surface area contributed by atoms with Gasteiger partial charge in [-0.1, -0.05) is 0 Å². The molecule has 0 bridgehead atoms. The van der Waals surface area contributed by atoms with Crippen molar-refractivity contribution >= 4 is 38.4 Å². The van der Waals surface area contributed by atoms with Crippen LogP contribution in [-0.2, 0) is 32.6 Å². The van der Waals surface area contributed by atoms with Crippen LogP contribution in [0.2, 0.25) is 0 Å². The second-order valence-electron chi connectivity index (χ2n) is 9.08. The van der Waals surface area contributed by atoms with Gasteiger partial charge in [-0.3, -0.25) is 14.5 Å². The van der Waals surface area contributed by atoms with Crippen LogP contribution in [0.4, 0.5) is 5.00 Å². The van der Waals surface area contributed by atoms with Crippen LogP contribution in [-0.4, -0.2) is 91.8 Å². The van der Waals surface area contributed by atoms with Gasteiger partial charge in [-0.05, 0) is 45.1 Å². The maximum Gasteiger partial charge on any atom is 0.282 e. The van der Waals surface area contributed by atoms with E-state index in [1.165, 1.54) is 19.9 Å². The first-order valence-corrected chi connectivity index (χ1v) is 13.7. The zero-order valence-corrected chi connectivity index (χ0v) is 20.8. The Labute approximate surface area is 199 Å². The van der Waals surface area contributed by atoms with Gasteiger partial charge in [0.25, 0.3) is 16.1 Å². The topological polar surface area (TPSA) is 125 Å². The number of hydrogen-bond acceptors (Lipinski definition) is 7. The minimum atomic E-state index is -3.56. The molecule has 2 fully saturated rings. The number of carbonyl (C=O) groups excluding carboxylic acids is 2. The van der Waals surface area contributed by atoms with Crippen LogP contribution in [0.3, 0.4) is 0 Å². The van der Waals surface area contributed by atoms with E-state index in [1.807, 2.05) is 18.7 Å². The van der Waals surface area contributed by atoms with Crippen molar-refractivity contribution in [2.45, 2.75) is 51.7 Å². The van der Waals surface area contributed by atoms with Crippen LogP contribution in [0, 0.1) is 0 Å². The van der Waals surface area contributed by atoms with Crippen molar-refractivity contribution in [3.63, 3.8) is 0 Å². The molecule has 1 aromatic heterocycles. The maximum atomic E-state index is 13.1. The molecule has 2 aliphatic heterocycles. The molecule has 33 heavy (non-hydrogen) atoms. The van der Waals surface area contributed by atoms with E-state index in [0.29, 0.717) is 49.8 Å². The molecule has 184 valence electrons. The Hall–Kier alpha value is -1.57. The number of thiophene rings is 1. The summed E-state index contributed by atoms with van der Waals surface area (Å²) in [6.07, 6.45) is 3.55. The Morgan fingerprint density at radius 2 is 1.70 bits per heavy atom. The smallest absolute Gasteiger partial charge is 0.282 e. The van der Waals surface area contributed by atoms with E-state index in [0.717, 1.165) is 36.1 Å². The number of primary amides is 1. The number of nitrogens with two attached hydrogens (primary N) is 1. The Kier molecular flexibility index (Phi) is 7.41. The van der Waals surface area contributed by atoms with Crippen LogP contribution in [0.1, 0.15) is 47.5 Å². The average molecular weight is 500 g/mol. The highest BCUT2D eigenvalue weighted by Crippen LogP contribution is 2.37. The minimum Gasteiger partial charge on any atom is -0.373 e. The molecule has 0 saturated carbocycles. The van der Waals surface area contributed by atoms with E-state index < -0.39 is 16.1 Å². The van der Waals surface area contributed by atoms with Crippen LogP contribution in [0.5, 0.6) is 0 Å². The number of fused-ring (bicyclic) bond motifs is 1. The molecule has 2 saturated heterocycles. The summed E-state index contributed by atoms with van der Waals surface area (Å²) in [5.41, 5.74) is 7.05. The lowest BCUT2D eigenvalue weighted by molar-refractivity contribution is -0.117. The number of aryl methyl sites for hydroxylation is 1. The Morgan fingerprint density at radius 3 is 2.33 bits per heavy atom. The highest BCUT2D eigenvalue weighted by molar-refractivity contribution is 7.86. The summed E-state index contributed by atoms with van der Waals surface area (Å²) in [4.78, 5) is 27.8. The zero-order chi connectivity index (χ0) is 23.8. The number of nitrogens with one attached hydrogen (secondary N) is 1. The molecule has 1 aromatic rings. The van der Waals surface area contributed by atoms with Crippen molar-refractivity contribution < 1.29 is 22.7 Å². The molecule has 0 radical (unpaired) electrons. The zero-order valence-electron chi connectivity index (χ0n) is 19.2. The molecule has 2 unspecified atom stereocenters. The third-order valence-electron chi connectivity index (χ3n) is 6.41. The van der Waals surface area contributed by atoms with Gasteiger partial charge in [0.1, 0.15) is 5.00 Å². The van der Waals surface area contributed by atoms with Crippen molar-refractivity contribution in [1.29, 1.82) is 0 Å². The largest absolute Gasteiger partial charge is 0.373 e. The molecule has 3 heterocycles. The van der Waals surface area contributed by atoms with Crippen molar-refractivity contribution in [2.75, 3.05) is 51.1 Å². The second kappa shape index (κ2) is 9.96. The van der Waals surface area contributed by atoms with E-state index in [4.69, 9.17) is 10.5 Å². The molecule has 0 spiro atoms. The highest BCUT2D eigenvalue weighted by Gasteiger charge is 2.37. The molecule has 0 aromatic carbocycles. The molecular weight excluding hydrogens is 466 g/mol. The summed E-state index contributed by atoms with van der Waals surface area (Å²) in [7, 11) is -3.56. The van der Waals surface area contributed by atoms with E-state index in [2.05, 4.69) is 5.32 Å². The summed E-state index contributed by atoms with van der Waals surface area (Å²) in [6.45, 7) is 6.18. The first kappa shape index (κ1) is 24.6. The maximum absolute atomic E-state index is 13.1. The van der Waals surface area contributed by atoms with Crippen LogP contribution in [0.25, 0.3) is 0 Å². The third kappa shape index (κ3) is 5.41. The molecule has 3 aliphatic rings. The number of piperazine rings is 1. The molecule has 3 N–H and O–H groups in total. The van der Waals surface area contributed by atoms with Crippen LogP contribution < -0.4 is 11.1 Å². The van der Waals surface area contributed by atoms with Gasteiger partial charge in [0.15, 0.2) is 0 Å². The average Bonchev–Trinajstić information content (AvgIpc) is 3.11. The second-order valence-corrected chi connectivity index (χ2v) is 12.1. The number of nitrogens with zero attached hydrogens (tertiary/aromatic N) is 3. The van der Waals surface area contributed by atoms with Crippen LogP contribution in [0.15, 0.2) is 0 Å². The summed E-state index contributed by atoms with van der Waals surface area (Å²) < 4.78 is 34.8. The monoisotopic (exact) mass is 499 g/mol. The van der Waals surface area contributed by atoms with Crippen LogP contribution >= 0.6 is 11.3 Å². The first-order valence-electron chi connectivity index (χ1n) is 11.5. The van der Waals surface area contributed by atoms with Crippen molar-refractivity contribution in [2.24, 2.45) is 5.73 Å². The molecule has 2 amide bonds. The van der Waals surface area contributed by atoms with E-state index in [9.17, 15) is 18.0 Å². The Morgan fingerprint density at radius 1 is 1.06 bits per heavy atom. The summed E-state index contributed by atoms with van der Waals surface area (Å²) >= 11 is 1.45. The van der Waals surface area contributed by atoms with Gasteiger partial charge in [-0.2, -0.15) is 17.0 Å². The number of rotatable bonds is 6. The van der Waals surface area contributed by atoms with E-state index in [1.54, 1.807) is 0 Å². The SMILES string of the molecule is CC1CN(S(=O)(=O)N2CCN(CC(=O)Nc3sc4c(c3C(N)=O)CCCC4)CC2)CC(C)O1. The molecule has 1 aliphatic carbocycles. The fourth-order valence-electron chi connectivity index (χ4n) is 4.88. The normalized spacial score (nSPS) is 25.5. The number of amides is 2. The Bertz CT molecular complexity index is 993. The van der Waals surface area contributed by atoms with Gasteiger partial charge < -0.3 is 15.8 Å².